The van der Waals surface area contributed by atoms with E-state index < -0.39 is 0 Å². The van der Waals surface area contributed by atoms with Gasteiger partial charge in [-0.25, -0.2) is 0 Å². The smallest absolute Gasteiger partial charge is 0.0488 e. The second-order valence-corrected chi connectivity index (χ2v) is 7.62. The summed E-state index contributed by atoms with van der Waals surface area (Å²) in [6.07, 6.45) is 9.48. The first-order valence-corrected chi connectivity index (χ1v) is 8.59. The van der Waals surface area contributed by atoms with Crippen molar-refractivity contribution in [2.45, 2.75) is 77.2 Å². The standard InChI is InChI=1S/C19H32N2/c1-19(2,3)17-13-11-16(12-14-17)18(21-20)15-9-7-5-4-6-8-10-15/h11-15,18,21H,4-10,20H2,1-3H3. The van der Waals surface area contributed by atoms with Crippen LogP contribution in [-0.2, 0) is 5.41 Å². The van der Waals surface area contributed by atoms with Crippen LogP contribution in [0.3, 0.4) is 0 Å². The fourth-order valence-corrected chi connectivity index (χ4v) is 3.52. The Morgan fingerprint density at radius 1 is 0.952 bits per heavy atom. The van der Waals surface area contributed by atoms with E-state index in [4.69, 9.17) is 5.84 Å². The van der Waals surface area contributed by atoms with E-state index in [1.165, 1.54) is 56.1 Å². The molecule has 0 aromatic heterocycles. The Bertz CT molecular complexity index is 408. The van der Waals surface area contributed by atoms with E-state index in [1.807, 2.05) is 0 Å². The highest BCUT2D eigenvalue weighted by Crippen LogP contribution is 2.33. The van der Waals surface area contributed by atoms with E-state index in [1.54, 1.807) is 0 Å². The van der Waals surface area contributed by atoms with Gasteiger partial charge in [0.05, 0.1) is 0 Å². The van der Waals surface area contributed by atoms with Gasteiger partial charge in [0.1, 0.15) is 0 Å². The minimum atomic E-state index is 0.213. The first kappa shape index (κ1) is 16.5. The van der Waals surface area contributed by atoms with E-state index in [-0.39, 0.29) is 5.41 Å². The zero-order valence-corrected chi connectivity index (χ0v) is 14.0. The van der Waals surface area contributed by atoms with Crippen LogP contribution in [-0.4, -0.2) is 0 Å². The van der Waals surface area contributed by atoms with Crippen LogP contribution in [0.2, 0.25) is 0 Å². The third-order valence-corrected chi connectivity index (χ3v) is 4.94. The number of hydrogen-bond donors (Lipinski definition) is 2. The van der Waals surface area contributed by atoms with Gasteiger partial charge in [0, 0.05) is 6.04 Å². The number of hydrogen-bond acceptors (Lipinski definition) is 2. The van der Waals surface area contributed by atoms with E-state index in [0.717, 1.165) is 0 Å². The molecule has 1 atom stereocenters. The monoisotopic (exact) mass is 288 g/mol. The van der Waals surface area contributed by atoms with Crippen LogP contribution in [0.25, 0.3) is 0 Å². The van der Waals surface area contributed by atoms with Crippen LogP contribution < -0.4 is 11.3 Å². The molecule has 3 N–H and O–H groups in total. The number of nitrogens with one attached hydrogen (secondary N) is 1. The predicted molar refractivity (Wildman–Crippen MR) is 91.0 cm³/mol. The number of nitrogens with two attached hydrogens (primary N) is 1. The largest absolute Gasteiger partial charge is 0.271 e. The third-order valence-electron chi connectivity index (χ3n) is 4.94. The van der Waals surface area contributed by atoms with Gasteiger partial charge in [-0.15, -0.1) is 0 Å². The van der Waals surface area contributed by atoms with Gasteiger partial charge in [-0.1, -0.05) is 77.1 Å². The Kier molecular flexibility index (Phi) is 5.83. The van der Waals surface area contributed by atoms with Gasteiger partial charge in [0.15, 0.2) is 0 Å². The van der Waals surface area contributed by atoms with Crippen molar-refractivity contribution >= 4 is 0 Å². The highest BCUT2D eigenvalue weighted by Gasteiger charge is 2.23. The lowest BCUT2D eigenvalue weighted by molar-refractivity contribution is 0.290. The molecular weight excluding hydrogens is 256 g/mol. The molecule has 21 heavy (non-hydrogen) atoms. The molecule has 1 aromatic carbocycles. The molecule has 0 spiro atoms. The summed E-state index contributed by atoms with van der Waals surface area (Å²) in [5.74, 6) is 6.58. The Morgan fingerprint density at radius 2 is 1.48 bits per heavy atom. The molecule has 1 aliphatic rings. The molecule has 1 aromatic rings. The summed E-state index contributed by atoms with van der Waals surface area (Å²) in [7, 11) is 0. The van der Waals surface area contributed by atoms with E-state index in [2.05, 4.69) is 50.5 Å². The topological polar surface area (TPSA) is 38.0 Å². The first-order valence-electron chi connectivity index (χ1n) is 8.59. The Morgan fingerprint density at radius 3 is 1.95 bits per heavy atom. The van der Waals surface area contributed by atoms with Crippen molar-refractivity contribution in [3.63, 3.8) is 0 Å². The zero-order valence-electron chi connectivity index (χ0n) is 14.0. The lowest BCUT2D eigenvalue weighted by atomic mass is 9.81. The minimum absolute atomic E-state index is 0.213. The van der Waals surface area contributed by atoms with Gasteiger partial charge in [-0.2, -0.15) is 0 Å². The normalized spacial score (nSPS) is 19.8. The van der Waals surface area contributed by atoms with Crippen molar-refractivity contribution in [1.29, 1.82) is 0 Å². The summed E-state index contributed by atoms with van der Waals surface area (Å²) in [4.78, 5) is 0. The fraction of sp³-hybridized carbons (Fsp3) is 0.684. The van der Waals surface area contributed by atoms with Crippen molar-refractivity contribution in [2.24, 2.45) is 11.8 Å². The minimum Gasteiger partial charge on any atom is -0.271 e. The molecule has 0 amide bonds. The molecule has 1 saturated carbocycles. The van der Waals surface area contributed by atoms with Crippen LogP contribution in [0.5, 0.6) is 0 Å². The molecule has 1 aliphatic carbocycles. The summed E-state index contributed by atoms with van der Waals surface area (Å²) in [6.45, 7) is 6.78. The summed E-state index contributed by atoms with van der Waals surface area (Å²) in [6, 6.07) is 9.37. The quantitative estimate of drug-likeness (QED) is 0.616. The average molecular weight is 288 g/mol. The number of rotatable bonds is 3. The van der Waals surface area contributed by atoms with Gasteiger partial charge >= 0.3 is 0 Å². The molecule has 0 heterocycles. The summed E-state index contributed by atoms with van der Waals surface area (Å²) < 4.78 is 0. The molecular formula is C19H32N2. The van der Waals surface area contributed by atoms with Crippen molar-refractivity contribution in [1.82, 2.24) is 5.43 Å². The van der Waals surface area contributed by atoms with Crippen molar-refractivity contribution in [2.75, 3.05) is 0 Å². The highest BCUT2D eigenvalue weighted by atomic mass is 15.2. The van der Waals surface area contributed by atoms with Crippen molar-refractivity contribution in [3.05, 3.63) is 35.4 Å². The van der Waals surface area contributed by atoms with Gasteiger partial charge in [-0.3, -0.25) is 11.3 Å². The van der Waals surface area contributed by atoms with Crippen LogP contribution >= 0.6 is 0 Å². The molecule has 2 rings (SSSR count). The third kappa shape index (κ3) is 4.55. The van der Waals surface area contributed by atoms with E-state index >= 15 is 0 Å². The maximum Gasteiger partial charge on any atom is 0.0488 e. The molecule has 0 bridgehead atoms. The van der Waals surface area contributed by atoms with Crippen molar-refractivity contribution in [3.8, 4) is 0 Å². The van der Waals surface area contributed by atoms with Crippen LogP contribution in [0.15, 0.2) is 24.3 Å². The van der Waals surface area contributed by atoms with Crippen LogP contribution in [0.1, 0.15) is 82.9 Å². The molecule has 118 valence electrons. The number of hydrazine groups is 1. The maximum atomic E-state index is 5.90. The van der Waals surface area contributed by atoms with E-state index in [0.29, 0.717) is 12.0 Å². The molecule has 0 saturated heterocycles. The second-order valence-electron chi connectivity index (χ2n) is 7.62. The SMILES string of the molecule is CC(C)(C)c1ccc(C(NN)C2CCCCCCC2)cc1. The second kappa shape index (κ2) is 7.42. The molecule has 0 radical (unpaired) electrons. The maximum absolute atomic E-state index is 5.90. The average Bonchev–Trinajstić information content (AvgIpc) is 2.41. The first-order chi connectivity index (χ1) is 10.0. The Labute approximate surface area is 130 Å². The lowest BCUT2D eigenvalue weighted by Crippen LogP contribution is -2.34. The van der Waals surface area contributed by atoms with Gasteiger partial charge in [0.2, 0.25) is 0 Å². The highest BCUT2D eigenvalue weighted by molar-refractivity contribution is 5.29. The van der Waals surface area contributed by atoms with Gasteiger partial charge in [-0.05, 0) is 35.3 Å². The predicted octanol–water partition coefficient (Wildman–Crippen LogP) is 4.85. The van der Waals surface area contributed by atoms with Gasteiger partial charge < -0.3 is 0 Å². The number of benzene rings is 1. The zero-order chi connectivity index (χ0) is 15.3. The van der Waals surface area contributed by atoms with Gasteiger partial charge in [0.25, 0.3) is 0 Å². The summed E-state index contributed by atoms with van der Waals surface area (Å²) >= 11 is 0. The lowest BCUT2D eigenvalue weighted by Gasteiger charge is -2.29. The molecule has 0 aliphatic heterocycles. The molecule has 1 unspecified atom stereocenters. The Balaban J connectivity index is 2.12. The summed E-state index contributed by atoms with van der Waals surface area (Å²) in [5, 5.41) is 0. The van der Waals surface area contributed by atoms with Crippen LogP contribution in [0.4, 0.5) is 0 Å². The molecule has 2 heteroatoms. The molecule has 1 fully saturated rings. The fourth-order valence-electron chi connectivity index (χ4n) is 3.52. The van der Waals surface area contributed by atoms with Crippen molar-refractivity contribution < 1.29 is 0 Å². The van der Waals surface area contributed by atoms with Crippen LogP contribution in [0, 0.1) is 5.92 Å². The summed E-state index contributed by atoms with van der Waals surface area (Å²) in [5.41, 5.74) is 6.04. The molecule has 2 nitrogen and oxygen atoms in total. The van der Waals surface area contributed by atoms with E-state index in [9.17, 15) is 0 Å². The Hall–Kier alpha value is -0.860.